The van der Waals surface area contributed by atoms with Gasteiger partial charge in [-0.05, 0) is 31.7 Å². The lowest BCUT2D eigenvalue weighted by Gasteiger charge is -2.19. The Labute approximate surface area is 149 Å². The first kappa shape index (κ1) is 15.4. The van der Waals surface area contributed by atoms with E-state index in [0.29, 0.717) is 24.7 Å². The van der Waals surface area contributed by atoms with Crippen molar-refractivity contribution in [3.05, 3.63) is 50.8 Å². The lowest BCUT2D eigenvalue weighted by atomic mass is 10.1. The number of hydrogen-bond donors (Lipinski definition) is 2. The SMILES string of the molecule is Cc1cc2ncc(C(=O)N3CCc4[nH]nc(C5CC5)c4CC3)c(=O)n2[nH]1. The van der Waals surface area contributed by atoms with Crippen LogP contribution in [0.25, 0.3) is 5.65 Å². The second-order valence-electron chi connectivity index (χ2n) is 7.24. The van der Waals surface area contributed by atoms with E-state index in [1.54, 1.807) is 11.0 Å². The number of rotatable bonds is 2. The molecule has 0 radical (unpaired) electrons. The van der Waals surface area contributed by atoms with Crippen LogP contribution < -0.4 is 5.56 Å². The third kappa shape index (κ3) is 2.36. The third-order valence-corrected chi connectivity index (χ3v) is 5.35. The molecule has 4 heterocycles. The zero-order valence-electron chi connectivity index (χ0n) is 14.6. The molecular formula is C18H20N6O2. The maximum absolute atomic E-state index is 13.0. The van der Waals surface area contributed by atoms with Gasteiger partial charge >= 0.3 is 0 Å². The summed E-state index contributed by atoms with van der Waals surface area (Å²) >= 11 is 0. The molecule has 0 saturated heterocycles. The molecule has 2 N–H and O–H groups in total. The molecule has 1 aliphatic heterocycles. The Kier molecular flexibility index (Phi) is 3.28. The summed E-state index contributed by atoms with van der Waals surface area (Å²) in [7, 11) is 0. The zero-order valence-corrected chi connectivity index (χ0v) is 14.6. The van der Waals surface area contributed by atoms with E-state index < -0.39 is 0 Å². The molecule has 1 saturated carbocycles. The van der Waals surface area contributed by atoms with Gasteiger partial charge in [0.15, 0.2) is 5.65 Å². The number of carbonyl (C=O) groups excluding carboxylic acids is 1. The molecule has 3 aromatic rings. The number of amides is 1. The largest absolute Gasteiger partial charge is 0.338 e. The van der Waals surface area contributed by atoms with Gasteiger partial charge < -0.3 is 4.90 Å². The first-order valence-corrected chi connectivity index (χ1v) is 9.04. The van der Waals surface area contributed by atoms with Gasteiger partial charge in [-0.3, -0.25) is 19.8 Å². The molecule has 26 heavy (non-hydrogen) atoms. The van der Waals surface area contributed by atoms with Gasteiger partial charge in [0.05, 0.1) is 5.69 Å². The smallest absolute Gasteiger partial charge is 0.285 e. The predicted octanol–water partition coefficient (Wildman–Crippen LogP) is 1.17. The van der Waals surface area contributed by atoms with Gasteiger partial charge in [-0.1, -0.05) is 0 Å². The predicted molar refractivity (Wildman–Crippen MR) is 94.4 cm³/mol. The average Bonchev–Trinajstić information content (AvgIpc) is 3.33. The van der Waals surface area contributed by atoms with Crippen LogP contribution >= 0.6 is 0 Å². The summed E-state index contributed by atoms with van der Waals surface area (Å²) in [5, 5.41) is 10.6. The van der Waals surface area contributed by atoms with Crippen molar-refractivity contribution >= 4 is 11.6 Å². The number of nitrogens with zero attached hydrogens (tertiary/aromatic N) is 4. The summed E-state index contributed by atoms with van der Waals surface area (Å²) < 4.78 is 1.33. The van der Waals surface area contributed by atoms with Gasteiger partial charge in [0.25, 0.3) is 11.5 Å². The van der Waals surface area contributed by atoms with Gasteiger partial charge in [-0.15, -0.1) is 0 Å². The van der Waals surface area contributed by atoms with Crippen LogP contribution in [0.15, 0.2) is 17.1 Å². The molecule has 134 valence electrons. The highest BCUT2D eigenvalue weighted by Crippen LogP contribution is 2.41. The highest BCUT2D eigenvalue weighted by molar-refractivity contribution is 5.93. The molecule has 2 aliphatic rings. The summed E-state index contributed by atoms with van der Waals surface area (Å²) in [6.45, 7) is 3.02. The summed E-state index contributed by atoms with van der Waals surface area (Å²) in [5.74, 6) is 0.333. The molecule has 1 fully saturated rings. The highest BCUT2D eigenvalue weighted by Gasteiger charge is 2.32. The fourth-order valence-electron chi connectivity index (χ4n) is 3.80. The lowest BCUT2D eigenvalue weighted by molar-refractivity contribution is 0.0760. The Bertz CT molecular complexity index is 1070. The number of H-pyrrole nitrogens is 2. The van der Waals surface area contributed by atoms with Crippen molar-refractivity contribution in [2.75, 3.05) is 13.1 Å². The second-order valence-corrected chi connectivity index (χ2v) is 7.24. The molecule has 1 amide bonds. The quantitative estimate of drug-likeness (QED) is 0.723. The number of aromatic amines is 2. The minimum atomic E-state index is -0.351. The Hall–Kier alpha value is -2.90. The van der Waals surface area contributed by atoms with Crippen molar-refractivity contribution in [2.45, 2.75) is 38.5 Å². The normalized spacial score (nSPS) is 17.3. The van der Waals surface area contributed by atoms with E-state index in [1.807, 2.05) is 6.92 Å². The number of fused-ring (bicyclic) bond motifs is 2. The van der Waals surface area contributed by atoms with Crippen LogP contribution in [0.5, 0.6) is 0 Å². The van der Waals surface area contributed by atoms with Crippen molar-refractivity contribution in [2.24, 2.45) is 0 Å². The lowest BCUT2D eigenvalue weighted by Crippen LogP contribution is -2.37. The van der Waals surface area contributed by atoms with Gasteiger partial charge in [-0.25, -0.2) is 9.50 Å². The van der Waals surface area contributed by atoms with E-state index in [4.69, 9.17) is 0 Å². The van der Waals surface area contributed by atoms with E-state index >= 15 is 0 Å². The van der Waals surface area contributed by atoms with Crippen LogP contribution in [0.1, 0.15) is 51.8 Å². The van der Waals surface area contributed by atoms with E-state index in [2.05, 4.69) is 20.3 Å². The topological polar surface area (TPSA) is 99.2 Å². The summed E-state index contributed by atoms with van der Waals surface area (Å²) in [6.07, 6.45) is 5.33. The standard InChI is InChI=1S/C18H20N6O2/c1-10-8-15-19-9-13(18(26)24(15)22-10)17(25)23-6-4-12-14(5-7-23)20-21-16(12)11-2-3-11/h8-9,11,22H,2-7H2,1H3,(H,20,21). The molecule has 8 heteroatoms. The third-order valence-electron chi connectivity index (χ3n) is 5.35. The number of hydrogen-bond acceptors (Lipinski definition) is 4. The Balaban J connectivity index is 1.43. The maximum Gasteiger partial charge on any atom is 0.285 e. The number of nitrogens with one attached hydrogen (secondary N) is 2. The van der Waals surface area contributed by atoms with Crippen molar-refractivity contribution in [3.8, 4) is 0 Å². The Morgan fingerprint density at radius 2 is 2.08 bits per heavy atom. The van der Waals surface area contributed by atoms with Crippen LogP contribution in [-0.2, 0) is 12.8 Å². The molecule has 0 unspecified atom stereocenters. The molecule has 0 spiro atoms. The first-order valence-electron chi connectivity index (χ1n) is 9.04. The van der Waals surface area contributed by atoms with Gasteiger partial charge in [0, 0.05) is 49.1 Å². The number of aryl methyl sites for hydroxylation is 1. The maximum atomic E-state index is 13.0. The minimum Gasteiger partial charge on any atom is -0.338 e. The molecule has 0 atom stereocenters. The van der Waals surface area contributed by atoms with Gasteiger partial charge in [0.2, 0.25) is 0 Å². The monoisotopic (exact) mass is 352 g/mol. The minimum absolute atomic E-state index is 0.107. The molecular weight excluding hydrogens is 332 g/mol. The second kappa shape index (κ2) is 5.55. The van der Waals surface area contributed by atoms with Crippen LogP contribution in [-0.4, -0.2) is 48.7 Å². The van der Waals surface area contributed by atoms with Gasteiger partial charge in [-0.2, -0.15) is 5.10 Å². The number of carbonyl (C=O) groups is 1. The van der Waals surface area contributed by atoms with Crippen molar-refractivity contribution in [1.82, 2.24) is 29.7 Å². The summed E-state index contributed by atoms with van der Waals surface area (Å²) in [6, 6.07) is 1.78. The summed E-state index contributed by atoms with van der Waals surface area (Å²) in [4.78, 5) is 31.6. The van der Waals surface area contributed by atoms with Crippen molar-refractivity contribution in [3.63, 3.8) is 0 Å². The fraction of sp³-hybridized carbons (Fsp3) is 0.444. The van der Waals surface area contributed by atoms with Crippen LogP contribution in [0.3, 0.4) is 0 Å². The Morgan fingerprint density at radius 1 is 1.27 bits per heavy atom. The molecule has 1 aliphatic carbocycles. The van der Waals surface area contributed by atoms with Crippen molar-refractivity contribution < 1.29 is 4.79 Å². The molecule has 8 nitrogen and oxygen atoms in total. The molecule has 3 aromatic heterocycles. The van der Waals surface area contributed by atoms with Crippen LogP contribution in [0.2, 0.25) is 0 Å². The number of aromatic nitrogens is 5. The zero-order chi connectivity index (χ0) is 17.8. The Morgan fingerprint density at radius 3 is 2.88 bits per heavy atom. The van der Waals surface area contributed by atoms with Crippen LogP contribution in [0, 0.1) is 6.92 Å². The van der Waals surface area contributed by atoms with E-state index in [-0.39, 0.29) is 17.0 Å². The molecule has 5 rings (SSSR count). The summed E-state index contributed by atoms with van der Waals surface area (Å²) in [5.41, 5.74) is 4.69. The van der Waals surface area contributed by atoms with E-state index in [0.717, 1.165) is 24.2 Å². The molecule has 0 aromatic carbocycles. The molecule has 0 bridgehead atoms. The van der Waals surface area contributed by atoms with E-state index in [9.17, 15) is 9.59 Å². The van der Waals surface area contributed by atoms with Gasteiger partial charge in [0.1, 0.15) is 5.56 Å². The fourth-order valence-corrected chi connectivity index (χ4v) is 3.80. The van der Waals surface area contributed by atoms with Crippen LogP contribution in [0.4, 0.5) is 0 Å². The van der Waals surface area contributed by atoms with Crippen molar-refractivity contribution in [1.29, 1.82) is 0 Å². The highest BCUT2D eigenvalue weighted by atomic mass is 16.2. The first-order chi connectivity index (χ1) is 12.6. The van der Waals surface area contributed by atoms with E-state index in [1.165, 1.54) is 34.8 Å². The average molecular weight is 352 g/mol.